The number of nitrogens with zero attached hydrogens (tertiary/aromatic N) is 1. The van der Waals surface area contributed by atoms with Crippen molar-refractivity contribution in [3.63, 3.8) is 0 Å². The molecule has 6 heteroatoms. The SMILES string of the molecule is COc1cccc(CC(=O)N(CC(=O)Nc2ccccc2)Cc2ccco2)c1. The number of carbonyl (C=O) groups is 2. The van der Waals surface area contributed by atoms with Gasteiger partial charge >= 0.3 is 0 Å². The lowest BCUT2D eigenvalue weighted by Gasteiger charge is -2.21. The average molecular weight is 378 g/mol. The Labute approximate surface area is 163 Å². The molecule has 0 saturated carbocycles. The molecule has 0 atom stereocenters. The molecule has 2 amide bonds. The fraction of sp³-hybridized carbons (Fsp3) is 0.182. The first-order valence-corrected chi connectivity index (χ1v) is 8.92. The molecule has 28 heavy (non-hydrogen) atoms. The Morgan fingerprint density at radius 1 is 1.04 bits per heavy atom. The van der Waals surface area contributed by atoms with E-state index in [0.717, 1.165) is 5.56 Å². The molecule has 1 aromatic heterocycles. The maximum Gasteiger partial charge on any atom is 0.244 e. The highest BCUT2D eigenvalue weighted by Gasteiger charge is 2.19. The Bertz CT molecular complexity index is 907. The monoisotopic (exact) mass is 378 g/mol. The van der Waals surface area contributed by atoms with E-state index in [1.54, 1.807) is 37.6 Å². The van der Waals surface area contributed by atoms with E-state index in [9.17, 15) is 9.59 Å². The predicted octanol–water partition coefficient (Wildman–Crippen LogP) is 3.50. The molecule has 0 radical (unpaired) electrons. The van der Waals surface area contributed by atoms with Gasteiger partial charge in [0, 0.05) is 5.69 Å². The second-order valence-electron chi connectivity index (χ2n) is 6.27. The van der Waals surface area contributed by atoms with Crippen LogP contribution in [0.3, 0.4) is 0 Å². The second kappa shape index (κ2) is 9.41. The summed E-state index contributed by atoms with van der Waals surface area (Å²) in [6, 6.07) is 20.0. The third kappa shape index (κ3) is 5.48. The maximum atomic E-state index is 12.9. The van der Waals surface area contributed by atoms with Gasteiger partial charge in [-0.25, -0.2) is 0 Å². The van der Waals surface area contributed by atoms with Crippen molar-refractivity contribution in [3.8, 4) is 5.75 Å². The zero-order valence-electron chi connectivity index (χ0n) is 15.6. The van der Waals surface area contributed by atoms with Crippen LogP contribution in [0.1, 0.15) is 11.3 Å². The number of benzene rings is 2. The largest absolute Gasteiger partial charge is 0.497 e. The topological polar surface area (TPSA) is 71.8 Å². The molecule has 1 heterocycles. The van der Waals surface area contributed by atoms with Crippen molar-refractivity contribution in [2.24, 2.45) is 0 Å². The Hall–Kier alpha value is -3.54. The minimum atomic E-state index is -0.267. The number of amides is 2. The lowest BCUT2D eigenvalue weighted by Crippen LogP contribution is -2.38. The molecule has 0 aliphatic carbocycles. The molecule has 0 unspecified atom stereocenters. The molecule has 1 N–H and O–H groups in total. The fourth-order valence-electron chi connectivity index (χ4n) is 2.79. The van der Waals surface area contributed by atoms with Crippen LogP contribution in [0.25, 0.3) is 0 Å². The van der Waals surface area contributed by atoms with E-state index in [0.29, 0.717) is 17.2 Å². The van der Waals surface area contributed by atoms with E-state index in [2.05, 4.69) is 5.32 Å². The molecule has 0 spiro atoms. The number of rotatable bonds is 8. The number of methoxy groups -OCH3 is 1. The zero-order chi connectivity index (χ0) is 19.8. The number of hydrogen-bond donors (Lipinski definition) is 1. The van der Waals surface area contributed by atoms with Crippen molar-refractivity contribution in [3.05, 3.63) is 84.3 Å². The molecule has 0 bridgehead atoms. The van der Waals surface area contributed by atoms with Crippen LogP contribution in [-0.4, -0.2) is 30.4 Å². The second-order valence-corrected chi connectivity index (χ2v) is 6.27. The van der Waals surface area contributed by atoms with E-state index < -0.39 is 0 Å². The van der Waals surface area contributed by atoms with Crippen molar-refractivity contribution in [1.82, 2.24) is 4.90 Å². The van der Waals surface area contributed by atoms with E-state index in [1.165, 1.54) is 4.90 Å². The van der Waals surface area contributed by atoms with Crippen LogP contribution in [0.4, 0.5) is 5.69 Å². The molecular formula is C22H22N2O4. The molecule has 0 aliphatic rings. The van der Waals surface area contributed by atoms with Gasteiger partial charge in [0.25, 0.3) is 0 Å². The van der Waals surface area contributed by atoms with Gasteiger partial charge in [-0.1, -0.05) is 30.3 Å². The number of nitrogens with one attached hydrogen (secondary N) is 1. The number of furan rings is 1. The highest BCUT2D eigenvalue weighted by molar-refractivity contribution is 5.94. The summed E-state index contributed by atoms with van der Waals surface area (Å²) < 4.78 is 10.6. The average Bonchev–Trinajstić information content (AvgIpc) is 3.21. The maximum absolute atomic E-state index is 12.9. The first kappa shape index (κ1) is 19.2. The molecule has 0 saturated heterocycles. The normalized spacial score (nSPS) is 10.3. The first-order valence-electron chi connectivity index (χ1n) is 8.92. The van der Waals surface area contributed by atoms with Crippen LogP contribution in [0.5, 0.6) is 5.75 Å². The minimum Gasteiger partial charge on any atom is -0.497 e. The Kier molecular flexibility index (Phi) is 6.46. The van der Waals surface area contributed by atoms with Crippen molar-refractivity contribution in [1.29, 1.82) is 0 Å². The van der Waals surface area contributed by atoms with Gasteiger partial charge in [-0.05, 0) is 42.0 Å². The third-order valence-corrected chi connectivity index (χ3v) is 4.16. The fourth-order valence-corrected chi connectivity index (χ4v) is 2.79. The van der Waals surface area contributed by atoms with Crippen LogP contribution >= 0.6 is 0 Å². The zero-order valence-corrected chi connectivity index (χ0v) is 15.6. The van der Waals surface area contributed by atoms with Crippen molar-refractivity contribution >= 4 is 17.5 Å². The van der Waals surface area contributed by atoms with E-state index in [-0.39, 0.29) is 31.3 Å². The van der Waals surface area contributed by atoms with Gasteiger partial charge in [0.05, 0.1) is 26.3 Å². The highest BCUT2D eigenvalue weighted by atomic mass is 16.5. The number of anilines is 1. The molecule has 2 aromatic carbocycles. The number of carbonyl (C=O) groups excluding carboxylic acids is 2. The summed E-state index contributed by atoms with van der Waals surface area (Å²) in [5, 5.41) is 2.81. The third-order valence-electron chi connectivity index (χ3n) is 4.16. The van der Waals surface area contributed by atoms with Gasteiger partial charge in [-0.3, -0.25) is 9.59 Å². The highest BCUT2D eigenvalue weighted by Crippen LogP contribution is 2.15. The first-order chi connectivity index (χ1) is 13.6. The summed E-state index contributed by atoms with van der Waals surface area (Å²) in [4.78, 5) is 26.8. The lowest BCUT2D eigenvalue weighted by molar-refractivity contribution is -0.134. The molecule has 3 aromatic rings. The standard InChI is InChI=1S/C22H22N2O4/c1-27-19-10-5-7-17(13-19)14-22(26)24(15-20-11-6-12-28-20)16-21(25)23-18-8-3-2-4-9-18/h2-13H,14-16H2,1H3,(H,23,25). The van der Waals surface area contributed by atoms with Gasteiger partial charge in [0.2, 0.25) is 11.8 Å². The summed E-state index contributed by atoms with van der Waals surface area (Å²) in [5.41, 5.74) is 1.50. The van der Waals surface area contributed by atoms with Gasteiger partial charge < -0.3 is 19.4 Å². The summed E-state index contributed by atoms with van der Waals surface area (Å²) in [6.07, 6.45) is 1.71. The summed E-state index contributed by atoms with van der Waals surface area (Å²) >= 11 is 0. The minimum absolute atomic E-state index is 0.0710. The summed E-state index contributed by atoms with van der Waals surface area (Å²) in [7, 11) is 1.58. The summed E-state index contributed by atoms with van der Waals surface area (Å²) in [6.45, 7) is 0.149. The van der Waals surface area contributed by atoms with Gasteiger partial charge in [0.15, 0.2) is 0 Å². The molecule has 0 fully saturated rings. The van der Waals surface area contributed by atoms with Crippen LogP contribution < -0.4 is 10.1 Å². The molecule has 144 valence electrons. The van der Waals surface area contributed by atoms with Gasteiger partial charge in [-0.2, -0.15) is 0 Å². The molecule has 3 rings (SSSR count). The Morgan fingerprint density at radius 2 is 1.86 bits per heavy atom. The Morgan fingerprint density at radius 3 is 2.57 bits per heavy atom. The van der Waals surface area contributed by atoms with Crippen LogP contribution in [-0.2, 0) is 22.6 Å². The molecule has 0 aliphatic heterocycles. The van der Waals surface area contributed by atoms with Crippen molar-refractivity contribution in [2.45, 2.75) is 13.0 Å². The Balaban J connectivity index is 1.70. The van der Waals surface area contributed by atoms with E-state index >= 15 is 0 Å². The van der Waals surface area contributed by atoms with E-state index in [1.807, 2.05) is 42.5 Å². The number of hydrogen-bond acceptors (Lipinski definition) is 4. The van der Waals surface area contributed by atoms with Crippen molar-refractivity contribution in [2.75, 3.05) is 19.0 Å². The number of para-hydroxylation sites is 1. The van der Waals surface area contributed by atoms with Crippen molar-refractivity contribution < 1.29 is 18.7 Å². The predicted molar refractivity (Wildman–Crippen MR) is 106 cm³/mol. The van der Waals surface area contributed by atoms with E-state index in [4.69, 9.17) is 9.15 Å². The smallest absolute Gasteiger partial charge is 0.244 e. The molecule has 6 nitrogen and oxygen atoms in total. The quantitative estimate of drug-likeness (QED) is 0.651. The van der Waals surface area contributed by atoms with Gasteiger partial charge in [0.1, 0.15) is 18.1 Å². The lowest BCUT2D eigenvalue weighted by atomic mass is 10.1. The van der Waals surface area contributed by atoms with Crippen LogP contribution in [0, 0.1) is 0 Å². The molecular weight excluding hydrogens is 356 g/mol. The van der Waals surface area contributed by atoms with Crippen LogP contribution in [0.2, 0.25) is 0 Å². The summed E-state index contributed by atoms with van der Waals surface area (Å²) in [5.74, 6) is 0.862. The van der Waals surface area contributed by atoms with Gasteiger partial charge in [-0.15, -0.1) is 0 Å². The number of ether oxygens (including phenoxy) is 1. The van der Waals surface area contributed by atoms with Crippen LogP contribution in [0.15, 0.2) is 77.4 Å².